The van der Waals surface area contributed by atoms with Crippen molar-refractivity contribution in [1.29, 1.82) is 5.26 Å². The zero-order valence-corrected chi connectivity index (χ0v) is 10.8. The molecule has 0 bridgehead atoms. The summed E-state index contributed by atoms with van der Waals surface area (Å²) in [7, 11) is 0. The van der Waals surface area contributed by atoms with E-state index in [1.165, 1.54) is 24.3 Å². The van der Waals surface area contributed by atoms with E-state index in [9.17, 15) is 13.6 Å². The van der Waals surface area contributed by atoms with E-state index in [0.717, 1.165) is 0 Å². The third-order valence-electron chi connectivity index (χ3n) is 3.29. The Morgan fingerprint density at radius 1 is 1.30 bits per heavy atom. The summed E-state index contributed by atoms with van der Waals surface area (Å²) in [4.78, 5) is 13.9. The smallest absolute Gasteiger partial charge is 0.387 e. The fraction of sp³-hybridized carbons (Fsp3) is 0.429. The second kappa shape index (κ2) is 6.33. The molecule has 106 valence electrons. The molecular weight excluding hydrogens is 266 g/mol. The Balaban J connectivity index is 1.98. The molecule has 0 saturated carbocycles. The number of nitriles is 1. The summed E-state index contributed by atoms with van der Waals surface area (Å²) in [6, 6.07) is 7.84. The summed E-state index contributed by atoms with van der Waals surface area (Å²) in [5.74, 6) is -0.106. The molecule has 1 heterocycles. The lowest BCUT2D eigenvalue weighted by Crippen LogP contribution is -2.38. The van der Waals surface area contributed by atoms with Gasteiger partial charge in [0.25, 0.3) is 5.91 Å². The van der Waals surface area contributed by atoms with E-state index in [0.29, 0.717) is 31.5 Å². The minimum Gasteiger partial charge on any atom is -0.435 e. The third-order valence-corrected chi connectivity index (χ3v) is 3.29. The van der Waals surface area contributed by atoms with Crippen LogP contribution in [0, 0.1) is 17.2 Å². The summed E-state index contributed by atoms with van der Waals surface area (Å²) >= 11 is 0. The van der Waals surface area contributed by atoms with Crippen LogP contribution in [0.5, 0.6) is 5.75 Å². The average Bonchev–Trinajstić information content (AvgIpc) is 2.47. The topological polar surface area (TPSA) is 53.3 Å². The molecule has 0 radical (unpaired) electrons. The number of carbonyl (C=O) groups excluding carboxylic acids is 1. The van der Waals surface area contributed by atoms with E-state index >= 15 is 0 Å². The molecule has 0 aromatic heterocycles. The molecule has 1 fully saturated rings. The number of nitrogens with zero attached hydrogens (tertiary/aromatic N) is 2. The van der Waals surface area contributed by atoms with Crippen molar-refractivity contribution in [1.82, 2.24) is 4.90 Å². The molecule has 0 spiro atoms. The van der Waals surface area contributed by atoms with E-state index in [2.05, 4.69) is 10.8 Å². The van der Waals surface area contributed by atoms with Crippen molar-refractivity contribution in [2.45, 2.75) is 19.5 Å². The predicted molar refractivity (Wildman–Crippen MR) is 67.3 cm³/mol. The van der Waals surface area contributed by atoms with Gasteiger partial charge in [-0.3, -0.25) is 4.79 Å². The van der Waals surface area contributed by atoms with Crippen LogP contribution in [0.25, 0.3) is 0 Å². The molecule has 20 heavy (non-hydrogen) atoms. The Labute approximate surface area is 115 Å². The van der Waals surface area contributed by atoms with Crippen LogP contribution in [-0.2, 0) is 0 Å². The fourth-order valence-corrected chi connectivity index (χ4v) is 2.17. The molecule has 1 saturated heterocycles. The van der Waals surface area contributed by atoms with Crippen LogP contribution in [0.4, 0.5) is 8.78 Å². The first-order chi connectivity index (χ1) is 9.60. The van der Waals surface area contributed by atoms with Gasteiger partial charge in [0.2, 0.25) is 0 Å². The van der Waals surface area contributed by atoms with Crippen LogP contribution in [0.1, 0.15) is 23.2 Å². The maximum atomic E-state index is 12.2. The Bertz CT molecular complexity index is 503. The Morgan fingerprint density at radius 2 is 1.90 bits per heavy atom. The SMILES string of the molecule is N#CC1CCN(C(=O)c2ccc(OC(F)F)cc2)CC1. The lowest BCUT2D eigenvalue weighted by molar-refractivity contribution is -0.0498. The number of carbonyl (C=O) groups is 1. The second-order valence-corrected chi connectivity index (χ2v) is 4.60. The maximum absolute atomic E-state index is 12.2. The molecule has 1 aromatic rings. The van der Waals surface area contributed by atoms with Crippen molar-refractivity contribution in [2.75, 3.05) is 13.1 Å². The number of hydrogen-bond donors (Lipinski definition) is 0. The zero-order valence-electron chi connectivity index (χ0n) is 10.8. The monoisotopic (exact) mass is 280 g/mol. The standard InChI is InChI=1S/C14H14F2N2O2/c15-14(16)20-12-3-1-11(2-4-12)13(19)18-7-5-10(9-17)6-8-18/h1-4,10,14H,5-8H2. The van der Waals surface area contributed by atoms with Gasteiger partial charge in [-0.15, -0.1) is 0 Å². The first-order valence-corrected chi connectivity index (χ1v) is 6.34. The van der Waals surface area contributed by atoms with E-state index < -0.39 is 6.61 Å². The summed E-state index contributed by atoms with van der Waals surface area (Å²) in [5, 5.41) is 8.81. The normalized spacial score (nSPS) is 16.0. The van der Waals surface area contributed by atoms with Crippen molar-refractivity contribution in [3.8, 4) is 11.8 Å². The number of hydrogen-bond acceptors (Lipinski definition) is 3. The second-order valence-electron chi connectivity index (χ2n) is 4.60. The van der Waals surface area contributed by atoms with Crippen LogP contribution >= 0.6 is 0 Å². The van der Waals surface area contributed by atoms with Crippen molar-refractivity contribution in [2.24, 2.45) is 5.92 Å². The Hall–Kier alpha value is -2.16. The maximum Gasteiger partial charge on any atom is 0.387 e. The molecule has 0 aliphatic carbocycles. The largest absolute Gasteiger partial charge is 0.435 e. The zero-order chi connectivity index (χ0) is 14.5. The van der Waals surface area contributed by atoms with Gasteiger partial charge in [-0.1, -0.05) is 0 Å². The molecule has 2 rings (SSSR count). The lowest BCUT2D eigenvalue weighted by Gasteiger charge is -2.29. The summed E-state index contributed by atoms with van der Waals surface area (Å²) in [6.45, 7) is -1.78. The van der Waals surface area contributed by atoms with Crippen molar-refractivity contribution < 1.29 is 18.3 Å². The summed E-state index contributed by atoms with van der Waals surface area (Å²) in [5.41, 5.74) is 0.432. The first kappa shape index (κ1) is 14.3. The number of rotatable bonds is 3. The molecule has 6 heteroatoms. The number of piperidine rings is 1. The number of halogens is 2. The number of ether oxygens (including phenoxy) is 1. The molecular formula is C14H14F2N2O2. The molecule has 1 aliphatic rings. The lowest BCUT2D eigenvalue weighted by atomic mass is 9.98. The highest BCUT2D eigenvalue weighted by Crippen LogP contribution is 2.20. The fourth-order valence-electron chi connectivity index (χ4n) is 2.17. The minimum absolute atomic E-state index is 0.0147. The van der Waals surface area contributed by atoms with Gasteiger partial charge >= 0.3 is 6.61 Å². The Morgan fingerprint density at radius 3 is 2.40 bits per heavy atom. The molecule has 0 unspecified atom stereocenters. The number of benzene rings is 1. The van der Waals surface area contributed by atoms with Gasteiger partial charge in [0.15, 0.2) is 0 Å². The summed E-state index contributed by atoms with van der Waals surface area (Å²) in [6.07, 6.45) is 1.35. The highest BCUT2D eigenvalue weighted by Gasteiger charge is 2.23. The minimum atomic E-state index is -2.87. The van der Waals surface area contributed by atoms with Crippen LogP contribution in [0.2, 0.25) is 0 Å². The number of amides is 1. The molecule has 1 amide bonds. The number of alkyl halides is 2. The highest BCUT2D eigenvalue weighted by atomic mass is 19.3. The van der Waals surface area contributed by atoms with Gasteiger partial charge in [0.05, 0.1) is 6.07 Å². The van der Waals surface area contributed by atoms with Crippen LogP contribution in [0.15, 0.2) is 24.3 Å². The summed E-state index contributed by atoms with van der Waals surface area (Å²) < 4.78 is 28.3. The molecule has 1 aromatic carbocycles. The van der Waals surface area contributed by atoms with Gasteiger partial charge in [-0.2, -0.15) is 14.0 Å². The van der Waals surface area contributed by atoms with E-state index in [1.54, 1.807) is 4.90 Å². The first-order valence-electron chi connectivity index (χ1n) is 6.34. The quantitative estimate of drug-likeness (QED) is 0.855. The van der Waals surface area contributed by atoms with Crippen LogP contribution < -0.4 is 4.74 Å². The van der Waals surface area contributed by atoms with Crippen molar-refractivity contribution in [3.63, 3.8) is 0 Å². The Kier molecular flexibility index (Phi) is 4.51. The van der Waals surface area contributed by atoms with Crippen LogP contribution in [-0.4, -0.2) is 30.5 Å². The average molecular weight is 280 g/mol. The number of likely N-dealkylation sites (tertiary alicyclic amines) is 1. The van der Waals surface area contributed by atoms with Crippen LogP contribution in [0.3, 0.4) is 0 Å². The van der Waals surface area contributed by atoms with Crippen molar-refractivity contribution >= 4 is 5.91 Å². The van der Waals surface area contributed by atoms with E-state index in [-0.39, 0.29) is 17.6 Å². The van der Waals surface area contributed by atoms with Gasteiger partial charge in [0, 0.05) is 24.6 Å². The molecule has 0 atom stereocenters. The molecule has 4 nitrogen and oxygen atoms in total. The molecule has 0 N–H and O–H groups in total. The van der Waals surface area contributed by atoms with Gasteiger partial charge in [-0.05, 0) is 37.1 Å². The van der Waals surface area contributed by atoms with E-state index in [1.807, 2.05) is 0 Å². The highest BCUT2D eigenvalue weighted by molar-refractivity contribution is 5.94. The van der Waals surface area contributed by atoms with E-state index in [4.69, 9.17) is 5.26 Å². The van der Waals surface area contributed by atoms with Gasteiger partial charge in [-0.25, -0.2) is 0 Å². The molecule has 1 aliphatic heterocycles. The van der Waals surface area contributed by atoms with Crippen molar-refractivity contribution in [3.05, 3.63) is 29.8 Å². The van der Waals surface area contributed by atoms with Gasteiger partial charge in [0.1, 0.15) is 5.75 Å². The third kappa shape index (κ3) is 3.44. The van der Waals surface area contributed by atoms with Gasteiger partial charge < -0.3 is 9.64 Å². The predicted octanol–water partition coefficient (Wildman–Crippen LogP) is 2.66.